The average molecular weight is 560 g/mol. The number of hydrogen-bond donors (Lipinski definition) is 2. The number of nitrogens with two attached hydrogens (primary N) is 1. The van der Waals surface area contributed by atoms with Crippen LogP contribution in [-0.2, 0) is 29.1 Å². The Morgan fingerprint density at radius 3 is 2.73 bits per heavy atom. The summed E-state index contributed by atoms with van der Waals surface area (Å²) in [6.45, 7) is 6.95. The molecule has 0 spiro atoms. The van der Waals surface area contributed by atoms with Crippen molar-refractivity contribution < 1.29 is 18.9 Å². The van der Waals surface area contributed by atoms with E-state index in [0.29, 0.717) is 38.9 Å². The fourth-order valence-electron chi connectivity index (χ4n) is 5.93. The third-order valence-corrected chi connectivity index (χ3v) is 8.11. The maximum absolute atomic E-state index is 6.54. The summed E-state index contributed by atoms with van der Waals surface area (Å²) < 4.78 is 23.7. The van der Waals surface area contributed by atoms with E-state index in [1.54, 1.807) is 7.11 Å². The highest BCUT2D eigenvalue weighted by molar-refractivity contribution is 5.57. The molecule has 220 valence electrons. The van der Waals surface area contributed by atoms with E-state index in [1.807, 2.05) is 24.3 Å². The maximum Gasteiger partial charge on any atom is 0.124 e. The molecule has 2 atom stereocenters. The first kappa shape index (κ1) is 29.4. The number of rotatable bonds is 14. The van der Waals surface area contributed by atoms with Gasteiger partial charge in [0.05, 0.1) is 39.6 Å². The minimum Gasteiger partial charge on any atom is -0.496 e. The first-order valence-electron chi connectivity index (χ1n) is 15.1. The van der Waals surface area contributed by atoms with Gasteiger partial charge >= 0.3 is 0 Å². The minimum atomic E-state index is 0.132. The van der Waals surface area contributed by atoms with Crippen molar-refractivity contribution >= 4 is 5.69 Å². The Morgan fingerprint density at radius 1 is 1.00 bits per heavy atom. The molecule has 0 aromatic heterocycles. The largest absolute Gasteiger partial charge is 0.496 e. The highest BCUT2D eigenvalue weighted by Gasteiger charge is 2.27. The van der Waals surface area contributed by atoms with Gasteiger partial charge in [-0.05, 0) is 66.8 Å². The molecular formula is C34H45N3O4. The van der Waals surface area contributed by atoms with Gasteiger partial charge < -0.3 is 34.9 Å². The summed E-state index contributed by atoms with van der Waals surface area (Å²) in [5.74, 6) is 2.11. The Labute approximate surface area is 244 Å². The zero-order chi connectivity index (χ0) is 28.3. The van der Waals surface area contributed by atoms with E-state index in [1.165, 1.54) is 28.8 Å². The quantitative estimate of drug-likeness (QED) is 0.268. The lowest BCUT2D eigenvalue weighted by Gasteiger charge is -2.33. The molecule has 0 unspecified atom stereocenters. The van der Waals surface area contributed by atoms with Gasteiger partial charge in [-0.25, -0.2) is 0 Å². The van der Waals surface area contributed by atoms with Gasteiger partial charge in [-0.3, -0.25) is 0 Å². The smallest absolute Gasteiger partial charge is 0.124 e. The number of para-hydroxylation sites is 1. The summed E-state index contributed by atoms with van der Waals surface area (Å²) in [4.78, 5) is 2.42. The highest BCUT2D eigenvalue weighted by atomic mass is 16.5. The number of anilines is 1. The zero-order valence-electron chi connectivity index (χ0n) is 24.4. The molecule has 3 aromatic carbocycles. The normalized spacial score (nSPS) is 18.6. The van der Waals surface area contributed by atoms with Gasteiger partial charge in [-0.2, -0.15) is 0 Å². The van der Waals surface area contributed by atoms with Crippen molar-refractivity contribution in [2.24, 2.45) is 5.73 Å². The van der Waals surface area contributed by atoms with Crippen molar-refractivity contribution in [2.45, 2.75) is 50.9 Å². The Bertz CT molecular complexity index is 1220. The fourth-order valence-corrected chi connectivity index (χ4v) is 5.93. The van der Waals surface area contributed by atoms with Crippen LogP contribution in [0.25, 0.3) is 0 Å². The second-order valence-corrected chi connectivity index (χ2v) is 10.9. The van der Waals surface area contributed by atoms with Crippen LogP contribution in [0, 0.1) is 0 Å². The van der Waals surface area contributed by atoms with E-state index in [-0.39, 0.29) is 6.10 Å². The molecule has 0 bridgehead atoms. The monoisotopic (exact) mass is 559 g/mol. The molecule has 5 rings (SSSR count). The van der Waals surface area contributed by atoms with E-state index in [9.17, 15) is 0 Å². The first-order chi connectivity index (χ1) is 20.2. The molecule has 7 heteroatoms. The summed E-state index contributed by atoms with van der Waals surface area (Å²) >= 11 is 0. The molecule has 1 fully saturated rings. The molecule has 0 radical (unpaired) electrons. The van der Waals surface area contributed by atoms with Crippen molar-refractivity contribution in [3.8, 4) is 11.5 Å². The molecular weight excluding hydrogens is 514 g/mol. The van der Waals surface area contributed by atoms with Crippen LogP contribution in [-0.4, -0.2) is 59.2 Å². The molecule has 0 saturated carbocycles. The molecule has 0 amide bonds. The Kier molecular flexibility index (Phi) is 10.9. The van der Waals surface area contributed by atoms with E-state index in [4.69, 9.17) is 24.7 Å². The van der Waals surface area contributed by atoms with Crippen LogP contribution in [0.2, 0.25) is 0 Å². The molecule has 2 aliphatic heterocycles. The SMILES string of the molecule is COc1ccccc1COCCCOc1ccc([C@H]2CCNC[C@@H]2OCc2ccc3c(c2)N(CCN)CCC3)cc1. The number of methoxy groups -OCH3 is 1. The molecule has 41 heavy (non-hydrogen) atoms. The van der Waals surface area contributed by atoms with Crippen molar-refractivity contribution in [3.63, 3.8) is 0 Å². The predicted molar refractivity (Wildman–Crippen MR) is 164 cm³/mol. The van der Waals surface area contributed by atoms with Gasteiger partial charge in [-0.15, -0.1) is 0 Å². The van der Waals surface area contributed by atoms with Gasteiger partial charge in [0.1, 0.15) is 11.5 Å². The highest BCUT2D eigenvalue weighted by Crippen LogP contribution is 2.32. The summed E-state index contributed by atoms with van der Waals surface area (Å²) in [5.41, 5.74) is 12.2. The Balaban J connectivity index is 1.08. The van der Waals surface area contributed by atoms with Crippen LogP contribution < -0.4 is 25.4 Å². The average Bonchev–Trinajstić information content (AvgIpc) is 3.02. The van der Waals surface area contributed by atoms with Crippen LogP contribution in [0.5, 0.6) is 11.5 Å². The van der Waals surface area contributed by atoms with Crippen LogP contribution >= 0.6 is 0 Å². The Morgan fingerprint density at radius 2 is 1.88 bits per heavy atom. The molecule has 3 aromatic rings. The fraction of sp³-hybridized carbons (Fsp3) is 0.471. The maximum atomic E-state index is 6.54. The zero-order valence-corrected chi connectivity index (χ0v) is 24.4. The number of nitrogens with zero attached hydrogens (tertiary/aromatic N) is 1. The molecule has 3 N–H and O–H groups in total. The van der Waals surface area contributed by atoms with E-state index in [0.717, 1.165) is 62.5 Å². The van der Waals surface area contributed by atoms with Crippen molar-refractivity contribution in [3.05, 3.63) is 89.0 Å². The van der Waals surface area contributed by atoms with Crippen LogP contribution in [0.15, 0.2) is 66.7 Å². The summed E-state index contributed by atoms with van der Waals surface area (Å²) in [7, 11) is 1.68. The number of aryl methyl sites for hydroxylation is 1. The van der Waals surface area contributed by atoms with Crippen LogP contribution in [0.3, 0.4) is 0 Å². The number of nitrogens with one attached hydrogen (secondary N) is 1. The second-order valence-electron chi connectivity index (χ2n) is 10.9. The van der Waals surface area contributed by atoms with Gasteiger partial charge in [0.15, 0.2) is 0 Å². The molecule has 0 aliphatic carbocycles. The Hall–Kier alpha value is -3.10. The summed E-state index contributed by atoms with van der Waals surface area (Å²) in [6, 6.07) is 23.3. The van der Waals surface area contributed by atoms with Crippen LogP contribution in [0.4, 0.5) is 5.69 Å². The van der Waals surface area contributed by atoms with Crippen molar-refractivity contribution in [1.29, 1.82) is 0 Å². The second kappa shape index (κ2) is 15.2. The number of piperidine rings is 1. The van der Waals surface area contributed by atoms with Gasteiger partial charge in [0.2, 0.25) is 0 Å². The van der Waals surface area contributed by atoms with Gasteiger partial charge in [0, 0.05) is 49.8 Å². The molecule has 2 heterocycles. The lowest BCUT2D eigenvalue weighted by atomic mass is 9.87. The minimum absolute atomic E-state index is 0.132. The molecule has 1 saturated heterocycles. The van der Waals surface area contributed by atoms with Crippen molar-refractivity contribution in [2.75, 3.05) is 57.9 Å². The van der Waals surface area contributed by atoms with Gasteiger partial charge in [-0.1, -0.05) is 42.5 Å². The third-order valence-electron chi connectivity index (χ3n) is 8.11. The van der Waals surface area contributed by atoms with E-state index >= 15 is 0 Å². The topological polar surface area (TPSA) is 78.2 Å². The van der Waals surface area contributed by atoms with E-state index in [2.05, 4.69) is 52.7 Å². The summed E-state index contributed by atoms with van der Waals surface area (Å²) in [6.07, 6.45) is 4.36. The van der Waals surface area contributed by atoms with E-state index < -0.39 is 0 Å². The lowest BCUT2D eigenvalue weighted by Crippen LogP contribution is -2.41. The summed E-state index contributed by atoms with van der Waals surface area (Å²) in [5, 5.41) is 3.53. The molecule has 7 nitrogen and oxygen atoms in total. The van der Waals surface area contributed by atoms with Crippen LogP contribution in [0.1, 0.15) is 47.4 Å². The number of benzene rings is 3. The number of ether oxygens (including phenoxy) is 4. The molecule has 2 aliphatic rings. The van der Waals surface area contributed by atoms with Crippen molar-refractivity contribution in [1.82, 2.24) is 5.32 Å². The number of hydrogen-bond acceptors (Lipinski definition) is 7. The predicted octanol–water partition coefficient (Wildman–Crippen LogP) is 5.05. The number of fused-ring (bicyclic) bond motifs is 1. The third kappa shape index (κ3) is 8.01. The van der Waals surface area contributed by atoms with Gasteiger partial charge in [0.25, 0.3) is 0 Å². The lowest BCUT2D eigenvalue weighted by molar-refractivity contribution is 0.0106. The standard InChI is InChI=1S/C34H45N3O4/c1-38-33-8-3-2-6-29(33)25-39-20-5-21-40-30-13-11-27(12-14-30)31-15-17-36-23-34(31)41-24-26-9-10-28-7-4-18-37(19-16-35)32(28)22-26/h2-3,6,8-14,22,31,34,36H,4-5,7,15-21,23-25,35H2,1H3/t31-,34+/m1/s1. The first-order valence-corrected chi connectivity index (χ1v) is 15.1.